The third-order valence-corrected chi connectivity index (χ3v) is 3.05. The van der Waals surface area contributed by atoms with Crippen molar-refractivity contribution in [3.8, 4) is 5.75 Å². The van der Waals surface area contributed by atoms with Crippen LogP contribution >= 0.6 is 0 Å². The molecule has 2 N–H and O–H groups in total. The summed E-state index contributed by atoms with van der Waals surface area (Å²) in [6.45, 7) is 2.07. The molecule has 0 aliphatic carbocycles. The summed E-state index contributed by atoms with van der Waals surface area (Å²) >= 11 is 0. The SMILES string of the molecule is C[C@H](Nc1ncccn1)c1ccc2c(c1)NC(=O)CO2. The third kappa shape index (κ3) is 2.54. The summed E-state index contributed by atoms with van der Waals surface area (Å²) in [5.74, 6) is 1.12. The number of aromatic nitrogens is 2. The Bertz CT molecular complexity index is 630. The van der Waals surface area contributed by atoms with Crippen molar-refractivity contribution in [1.82, 2.24) is 9.97 Å². The molecule has 0 saturated carbocycles. The summed E-state index contributed by atoms with van der Waals surface area (Å²) < 4.78 is 5.33. The minimum Gasteiger partial charge on any atom is -0.482 e. The van der Waals surface area contributed by atoms with Gasteiger partial charge in [0.1, 0.15) is 5.75 Å². The number of hydrogen-bond acceptors (Lipinski definition) is 5. The van der Waals surface area contributed by atoms with E-state index in [1.165, 1.54) is 0 Å². The zero-order valence-corrected chi connectivity index (χ0v) is 11.0. The zero-order valence-electron chi connectivity index (χ0n) is 11.0. The van der Waals surface area contributed by atoms with Crippen molar-refractivity contribution in [3.05, 3.63) is 42.2 Å². The third-order valence-electron chi connectivity index (χ3n) is 3.05. The molecule has 1 amide bonds. The first-order chi connectivity index (χ1) is 9.72. The Morgan fingerprint density at radius 1 is 1.35 bits per heavy atom. The topological polar surface area (TPSA) is 76.1 Å². The Morgan fingerprint density at radius 3 is 2.95 bits per heavy atom. The van der Waals surface area contributed by atoms with Gasteiger partial charge in [0.05, 0.1) is 11.7 Å². The van der Waals surface area contributed by atoms with E-state index in [0.717, 1.165) is 5.56 Å². The quantitative estimate of drug-likeness (QED) is 0.892. The van der Waals surface area contributed by atoms with Gasteiger partial charge < -0.3 is 15.4 Å². The normalized spacial score (nSPS) is 14.8. The summed E-state index contributed by atoms with van der Waals surface area (Å²) in [6.07, 6.45) is 3.37. The Balaban J connectivity index is 1.80. The van der Waals surface area contributed by atoms with Crippen molar-refractivity contribution in [2.45, 2.75) is 13.0 Å². The van der Waals surface area contributed by atoms with E-state index in [1.807, 2.05) is 25.1 Å². The molecule has 0 spiro atoms. The molecular weight excluding hydrogens is 256 g/mol. The predicted molar refractivity (Wildman–Crippen MR) is 74.6 cm³/mol. The molecule has 102 valence electrons. The lowest BCUT2D eigenvalue weighted by atomic mass is 10.1. The number of nitrogens with zero attached hydrogens (tertiary/aromatic N) is 2. The first-order valence-corrected chi connectivity index (χ1v) is 6.32. The predicted octanol–water partition coefficient (Wildman–Crippen LogP) is 1.98. The molecule has 1 aliphatic rings. The van der Waals surface area contributed by atoms with E-state index in [4.69, 9.17) is 4.74 Å². The van der Waals surface area contributed by atoms with Gasteiger partial charge in [0.15, 0.2) is 6.61 Å². The molecule has 0 unspecified atom stereocenters. The molecule has 0 saturated heterocycles. The highest BCUT2D eigenvalue weighted by atomic mass is 16.5. The van der Waals surface area contributed by atoms with E-state index in [9.17, 15) is 4.79 Å². The van der Waals surface area contributed by atoms with Crippen LogP contribution in [0.4, 0.5) is 11.6 Å². The van der Waals surface area contributed by atoms with Crippen molar-refractivity contribution in [2.75, 3.05) is 17.2 Å². The number of nitrogens with one attached hydrogen (secondary N) is 2. The molecule has 6 heteroatoms. The lowest BCUT2D eigenvalue weighted by Gasteiger charge is -2.20. The number of benzene rings is 1. The number of ether oxygens (including phenoxy) is 1. The molecule has 20 heavy (non-hydrogen) atoms. The van der Waals surface area contributed by atoms with Crippen LogP contribution in [-0.4, -0.2) is 22.5 Å². The van der Waals surface area contributed by atoms with Gasteiger partial charge in [-0.3, -0.25) is 4.79 Å². The fourth-order valence-corrected chi connectivity index (χ4v) is 2.02. The number of anilines is 2. The van der Waals surface area contributed by atoms with E-state index in [1.54, 1.807) is 18.5 Å². The van der Waals surface area contributed by atoms with E-state index >= 15 is 0 Å². The van der Waals surface area contributed by atoms with Crippen LogP contribution in [0.1, 0.15) is 18.5 Å². The van der Waals surface area contributed by atoms with Crippen LogP contribution in [0, 0.1) is 0 Å². The number of carbonyl (C=O) groups excluding carboxylic acids is 1. The van der Waals surface area contributed by atoms with Crippen molar-refractivity contribution in [1.29, 1.82) is 0 Å². The van der Waals surface area contributed by atoms with E-state index in [2.05, 4.69) is 20.6 Å². The highest BCUT2D eigenvalue weighted by Crippen LogP contribution is 2.31. The van der Waals surface area contributed by atoms with E-state index in [0.29, 0.717) is 17.4 Å². The van der Waals surface area contributed by atoms with Crippen LogP contribution in [0.2, 0.25) is 0 Å². The van der Waals surface area contributed by atoms with Gasteiger partial charge in [0, 0.05) is 12.4 Å². The maximum absolute atomic E-state index is 11.3. The number of hydrogen-bond donors (Lipinski definition) is 2. The van der Waals surface area contributed by atoms with Gasteiger partial charge in [-0.05, 0) is 30.7 Å². The second kappa shape index (κ2) is 5.16. The first-order valence-electron chi connectivity index (χ1n) is 6.32. The number of fused-ring (bicyclic) bond motifs is 1. The highest BCUT2D eigenvalue weighted by Gasteiger charge is 2.17. The van der Waals surface area contributed by atoms with Gasteiger partial charge in [0.25, 0.3) is 5.91 Å². The molecule has 0 fully saturated rings. The average molecular weight is 270 g/mol. The maximum Gasteiger partial charge on any atom is 0.262 e. The van der Waals surface area contributed by atoms with Crippen LogP contribution in [0.25, 0.3) is 0 Å². The zero-order chi connectivity index (χ0) is 13.9. The van der Waals surface area contributed by atoms with Crippen molar-refractivity contribution in [3.63, 3.8) is 0 Å². The molecule has 0 bridgehead atoms. The lowest BCUT2D eigenvalue weighted by Crippen LogP contribution is -2.25. The Hall–Kier alpha value is -2.63. The summed E-state index contributed by atoms with van der Waals surface area (Å²) in [6, 6.07) is 7.49. The molecule has 3 rings (SSSR count). The molecular formula is C14H14N4O2. The Morgan fingerprint density at radius 2 is 2.15 bits per heavy atom. The summed E-state index contributed by atoms with van der Waals surface area (Å²) in [5.41, 5.74) is 1.71. The van der Waals surface area contributed by atoms with Crippen LogP contribution in [0.5, 0.6) is 5.75 Å². The fourth-order valence-electron chi connectivity index (χ4n) is 2.02. The monoisotopic (exact) mass is 270 g/mol. The van der Waals surface area contributed by atoms with Crippen LogP contribution in [0.3, 0.4) is 0 Å². The molecule has 2 aromatic rings. The maximum atomic E-state index is 11.3. The van der Waals surface area contributed by atoms with Crippen LogP contribution in [0.15, 0.2) is 36.7 Å². The second-order valence-corrected chi connectivity index (χ2v) is 4.53. The van der Waals surface area contributed by atoms with Crippen molar-refractivity contribution in [2.24, 2.45) is 0 Å². The number of carbonyl (C=O) groups is 1. The number of rotatable bonds is 3. The van der Waals surface area contributed by atoms with Crippen molar-refractivity contribution >= 4 is 17.5 Å². The van der Waals surface area contributed by atoms with Gasteiger partial charge in [-0.1, -0.05) is 6.07 Å². The fraction of sp³-hybridized carbons (Fsp3) is 0.214. The minimum absolute atomic E-state index is 0.0153. The largest absolute Gasteiger partial charge is 0.482 e. The summed E-state index contributed by atoms with van der Waals surface area (Å²) in [7, 11) is 0. The molecule has 1 aromatic heterocycles. The molecule has 1 aromatic carbocycles. The number of amides is 1. The van der Waals surface area contributed by atoms with Crippen LogP contribution in [-0.2, 0) is 4.79 Å². The minimum atomic E-state index is -0.137. The smallest absolute Gasteiger partial charge is 0.262 e. The molecule has 1 atom stereocenters. The molecule has 2 heterocycles. The second-order valence-electron chi connectivity index (χ2n) is 4.53. The first kappa shape index (κ1) is 12.4. The molecule has 0 radical (unpaired) electrons. The van der Waals surface area contributed by atoms with Gasteiger partial charge in [0.2, 0.25) is 5.95 Å². The van der Waals surface area contributed by atoms with E-state index in [-0.39, 0.29) is 18.6 Å². The summed E-state index contributed by atoms with van der Waals surface area (Å²) in [4.78, 5) is 19.6. The summed E-state index contributed by atoms with van der Waals surface area (Å²) in [5, 5.41) is 6.00. The van der Waals surface area contributed by atoms with Gasteiger partial charge in [-0.2, -0.15) is 0 Å². The standard InChI is InChI=1S/C14H14N4O2/c1-9(17-14-15-5-2-6-16-14)10-3-4-12-11(7-10)18-13(19)8-20-12/h2-7,9H,8H2,1H3,(H,18,19)(H,15,16,17)/t9-/m0/s1. The van der Waals surface area contributed by atoms with Gasteiger partial charge >= 0.3 is 0 Å². The average Bonchev–Trinajstić information content (AvgIpc) is 2.47. The Labute approximate surface area is 116 Å². The molecule has 1 aliphatic heterocycles. The van der Waals surface area contributed by atoms with Crippen LogP contribution < -0.4 is 15.4 Å². The lowest BCUT2D eigenvalue weighted by molar-refractivity contribution is -0.118. The van der Waals surface area contributed by atoms with E-state index < -0.39 is 0 Å². The highest BCUT2D eigenvalue weighted by molar-refractivity contribution is 5.95. The Kier molecular flexibility index (Phi) is 3.20. The molecule has 6 nitrogen and oxygen atoms in total. The van der Waals surface area contributed by atoms with Crippen molar-refractivity contribution < 1.29 is 9.53 Å². The van der Waals surface area contributed by atoms with Gasteiger partial charge in [-0.25, -0.2) is 9.97 Å². The van der Waals surface area contributed by atoms with Gasteiger partial charge in [-0.15, -0.1) is 0 Å².